The van der Waals surface area contributed by atoms with Crippen molar-refractivity contribution in [3.63, 3.8) is 0 Å². The summed E-state index contributed by atoms with van der Waals surface area (Å²) in [5.74, 6) is 0.0120. The van der Waals surface area contributed by atoms with Crippen molar-refractivity contribution in [3.8, 4) is 5.75 Å². The maximum atomic E-state index is 11.1. The fraction of sp³-hybridized carbons (Fsp3) is 0.250. The van der Waals surface area contributed by atoms with E-state index in [9.17, 15) is 8.42 Å². The first-order valence-electron chi connectivity index (χ1n) is 4.11. The first-order valence-corrected chi connectivity index (χ1v) is 4.98. The van der Waals surface area contributed by atoms with Crippen molar-refractivity contribution in [2.45, 2.75) is 6.90 Å². The Morgan fingerprint density at radius 1 is 1.42 bits per heavy atom. The van der Waals surface area contributed by atoms with Crippen LogP contribution in [-0.2, 0) is 10.1 Å². The first kappa shape index (κ1) is 7.61. The van der Waals surface area contributed by atoms with Gasteiger partial charge in [-0.15, -0.1) is 0 Å². The molecule has 1 aromatic rings. The van der Waals surface area contributed by atoms with E-state index in [-0.39, 0.29) is 18.4 Å². The molecular weight excluding hydrogens is 176 g/mol. The van der Waals surface area contributed by atoms with Gasteiger partial charge in [0.25, 0.3) is 0 Å². The van der Waals surface area contributed by atoms with Gasteiger partial charge < -0.3 is 4.18 Å². The molecule has 66 valence electrons. The normalized spacial score (nSPS) is 12.2. The maximum absolute atomic E-state index is 11.1. The molecule has 0 aromatic heterocycles. The minimum atomic E-state index is -3.57. The minimum absolute atomic E-state index is 0.185. The van der Waals surface area contributed by atoms with Crippen LogP contribution >= 0.6 is 0 Å². The fourth-order valence-corrected chi connectivity index (χ4v) is 1.15. The van der Waals surface area contributed by atoms with Crippen LogP contribution in [-0.4, -0.2) is 14.2 Å². The van der Waals surface area contributed by atoms with Crippen LogP contribution in [0.3, 0.4) is 0 Å². The summed E-state index contributed by atoms with van der Waals surface area (Å²) in [7, 11) is -3.57. The summed E-state index contributed by atoms with van der Waals surface area (Å²) in [4.78, 5) is 0. The second-order valence-corrected chi connectivity index (χ2v) is 3.85. The van der Waals surface area contributed by atoms with Crippen LogP contribution in [0.25, 0.3) is 0 Å². The van der Waals surface area contributed by atoms with Gasteiger partial charge in [0.2, 0.25) is 0 Å². The minimum Gasteiger partial charge on any atom is -0.382 e. The smallest absolute Gasteiger partial charge is 0.308 e. The first-order chi connectivity index (χ1) is 6.14. The van der Waals surface area contributed by atoms with Crippen LogP contribution in [0, 0.1) is 0 Å². The lowest BCUT2D eigenvalue weighted by Gasteiger charge is -2.02. The highest BCUT2D eigenvalue weighted by Crippen LogP contribution is 2.11. The van der Waals surface area contributed by atoms with Crippen molar-refractivity contribution in [3.05, 3.63) is 30.3 Å². The third-order valence-corrected chi connectivity index (χ3v) is 2.16. The topological polar surface area (TPSA) is 43.4 Å². The van der Waals surface area contributed by atoms with E-state index in [0.717, 1.165) is 0 Å². The Balaban J connectivity index is 2.70. The molecule has 0 spiro atoms. The van der Waals surface area contributed by atoms with Gasteiger partial charge in [-0.05, 0) is 19.0 Å². The molecule has 3 nitrogen and oxygen atoms in total. The van der Waals surface area contributed by atoms with Crippen molar-refractivity contribution in [1.82, 2.24) is 0 Å². The molecule has 0 aliphatic heterocycles. The number of para-hydroxylation sites is 1. The Kier molecular flexibility index (Phi) is 2.27. The van der Waals surface area contributed by atoms with Crippen molar-refractivity contribution in [1.29, 1.82) is 0 Å². The Hall–Kier alpha value is -1.03. The summed E-state index contributed by atoms with van der Waals surface area (Å²) in [6.45, 7) is -0.185. The molecule has 1 aromatic carbocycles. The van der Waals surface area contributed by atoms with Gasteiger partial charge in [0.1, 0.15) is 5.75 Å². The Bertz CT molecular complexity index is 347. The number of rotatable bonds is 3. The van der Waals surface area contributed by atoms with Gasteiger partial charge in [-0.1, -0.05) is 18.2 Å². The van der Waals surface area contributed by atoms with Gasteiger partial charge >= 0.3 is 10.1 Å². The van der Waals surface area contributed by atoms with Gasteiger partial charge in [-0.2, -0.15) is 8.42 Å². The zero-order valence-electron chi connectivity index (χ0n) is 7.43. The summed E-state index contributed by atoms with van der Waals surface area (Å²) >= 11 is 0. The molecule has 12 heavy (non-hydrogen) atoms. The summed E-state index contributed by atoms with van der Waals surface area (Å²) in [6, 6.07) is 8.25. The molecule has 0 N–H and O–H groups in total. The molecule has 0 bridgehead atoms. The lowest BCUT2D eigenvalue weighted by molar-refractivity contribution is 0.487. The molecule has 0 saturated heterocycles. The lowest BCUT2D eigenvalue weighted by Crippen LogP contribution is -2.11. The monoisotopic (exact) mass is 187 g/mol. The molecule has 0 unspecified atom stereocenters. The van der Waals surface area contributed by atoms with Crippen LogP contribution in [0.4, 0.5) is 0 Å². The van der Waals surface area contributed by atoms with E-state index in [1.54, 1.807) is 30.3 Å². The highest BCUT2D eigenvalue weighted by atomic mass is 32.2. The van der Waals surface area contributed by atoms with Gasteiger partial charge in [0.05, 0.1) is 5.75 Å². The third-order valence-electron chi connectivity index (χ3n) is 1.22. The molecule has 1 rings (SSSR count). The predicted octanol–water partition coefficient (Wildman–Crippen LogP) is 1.42. The second kappa shape index (κ2) is 3.58. The van der Waals surface area contributed by atoms with Crippen LogP contribution < -0.4 is 4.18 Å². The van der Waals surface area contributed by atoms with Gasteiger partial charge in [0.15, 0.2) is 0 Å². The van der Waals surface area contributed by atoms with E-state index in [1.165, 1.54) is 0 Å². The molecule has 0 radical (unpaired) electrons. The summed E-state index contributed by atoms with van der Waals surface area (Å²) < 4.78 is 33.6. The van der Waals surface area contributed by atoms with Crippen LogP contribution in [0.5, 0.6) is 5.75 Å². The summed E-state index contributed by atoms with van der Waals surface area (Å²) in [6.07, 6.45) is 0. The van der Waals surface area contributed by atoms with E-state index in [2.05, 4.69) is 0 Å². The quantitative estimate of drug-likeness (QED) is 0.672. The van der Waals surface area contributed by atoms with Gasteiger partial charge in [-0.3, -0.25) is 0 Å². The van der Waals surface area contributed by atoms with Gasteiger partial charge in [-0.25, -0.2) is 0 Å². The Morgan fingerprint density at radius 3 is 2.67 bits per heavy atom. The van der Waals surface area contributed by atoms with E-state index >= 15 is 0 Å². The number of hydrogen-bond donors (Lipinski definition) is 0. The molecule has 0 heterocycles. The van der Waals surface area contributed by atoms with E-state index < -0.39 is 10.1 Å². The molecule has 0 aliphatic carbocycles. The zero-order valence-corrected chi connectivity index (χ0v) is 7.25. The number of hydrogen-bond acceptors (Lipinski definition) is 3. The van der Waals surface area contributed by atoms with Crippen LogP contribution in [0.1, 0.15) is 8.27 Å². The summed E-state index contributed by atoms with van der Waals surface area (Å²) in [5.41, 5.74) is 0. The average molecular weight is 187 g/mol. The Labute approximate surface area is 73.5 Å². The molecule has 0 saturated carbocycles. The lowest BCUT2D eigenvalue weighted by atomic mass is 10.3. The zero-order chi connectivity index (χ0) is 9.73. The number of benzene rings is 1. The summed E-state index contributed by atoms with van der Waals surface area (Å²) in [5, 5.41) is 0. The second-order valence-electron chi connectivity index (χ2n) is 2.16. The highest BCUT2D eigenvalue weighted by Gasteiger charge is 2.07. The predicted molar refractivity (Wildman–Crippen MR) is 46.5 cm³/mol. The fourth-order valence-electron chi connectivity index (χ4n) is 0.664. The van der Waals surface area contributed by atoms with Crippen LogP contribution in [0.15, 0.2) is 30.3 Å². The van der Waals surface area contributed by atoms with Crippen molar-refractivity contribution < 1.29 is 14.0 Å². The highest BCUT2D eigenvalue weighted by molar-refractivity contribution is 7.87. The van der Waals surface area contributed by atoms with Crippen molar-refractivity contribution in [2.24, 2.45) is 0 Å². The average Bonchev–Trinajstić information content (AvgIpc) is 2.04. The maximum Gasteiger partial charge on any atom is 0.308 e. The largest absolute Gasteiger partial charge is 0.382 e. The van der Waals surface area contributed by atoms with Crippen LogP contribution in [0.2, 0.25) is 0 Å². The standard InChI is InChI=1S/C8H10O3S/c1-2-12(9,10)11-8-6-4-3-5-7-8/h3-7H,2H2,1H3/i1D. The van der Waals surface area contributed by atoms with Crippen molar-refractivity contribution >= 4 is 10.1 Å². The SMILES string of the molecule is [2H]CCS(=O)(=O)Oc1ccccc1. The van der Waals surface area contributed by atoms with E-state index in [4.69, 9.17) is 5.55 Å². The molecule has 0 aliphatic rings. The Morgan fingerprint density at radius 2 is 2.08 bits per heavy atom. The van der Waals surface area contributed by atoms with E-state index in [0.29, 0.717) is 0 Å². The van der Waals surface area contributed by atoms with Crippen molar-refractivity contribution in [2.75, 3.05) is 5.75 Å². The van der Waals surface area contributed by atoms with Gasteiger partial charge in [0, 0.05) is 1.37 Å². The van der Waals surface area contributed by atoms with E-state index in [1.807, 2.05) is 0 Å². The molecule has 0 atom stereocenters. The molecule has 0 amide bonds. The third kappa shape index (κ3) is 2.54. The molecule has 4 heteroatoms. The molecular formula is C8H10O3S. The molecule has 0 fully saturated rings.